The third-order valence-corrected chi connectivity index (χ3v) is 2.84. The third kappa shape index (κ3) is 2.04. The van der Waals surface area contributed by atoms with E-state index in [1.807, 2.05) is 6.92 Å². The first-order valence-corrected chi connectivity index (χ1v) is 5.32. The fourth-order valence-corrected chi connectivity index (χ4v) is 1.82. The van der Waals surface area contributed by atoms with Crippen molar-refractivity contribution in [1.29, 1.82) is 0 Å². The lowest BCUT2D eigenvalue weighted by Crippen LogP contribution is -2.32. The van der Waals surface area contributed by atoms with Crippen molar-refractivity contribution in [3.05, 3.63) is 23.8 Å². The van der Waals surface area contributed by atoms with Crippen LogP contribution in [0.5, 0.6) is 0 Å². The summed E-state index contributed by atoms with van der Waals surface area (Å²) in [7, 11) is 0. The predicted molar refractivity (Wildman–Crippen MR) is 56.1 cm³/mol. The van der Waals surface area contributed by atoms with Crippen LogP contribution in [-0.4, -0.2) is 27.7 Å². The summed E-state index contributed by atoms with van der Waals surface area (Å²) in [6.45, 7) is 2.66. The summed E-state index contributed by atoms with van der Waals surface area (Å²) >= 11 is 0. The smallest absolute Gasteiger partial charge is 0.338 e. The van der Waals surface area contributed by atoms with Gasteiger partial charge in [-0.15, -0.1) is 0 Å². The highest BCUT2D eigenvalue weighted by molar-refractivity contribution is 5.86. The van der Waals surface area contributed by atoms with Crippen molar-refractivity contribution >= 4 is 5.97 Å². The molecular formula is C11H14N2O3. The minimum atomic E-state index is -1.01. The van der Waals surface area contributed by atoms with E-state index in [-0.39, 0.29) is 5.56 Å². The highest BCUT2D eigenvalue weighted by atomic mass is 16.5. The highest BCUT2D eigenvalue weighted by Gasteiger charge is 2.32. The van der Waals surface area contributed by atoms with E-state index in [2.05, 4.69) is 9.97 Å². The number of ether oxygens (including phenoxy) is 1. The van der Waals surface area contributed by atoms with Gasteiger partial charge in [-0.2, -0.15) is 0 Å². The summed E-state index contributed by atoms with van der Waals surface area (Å²) in [5, 5.41) is 8.74. The van der Waals surface area contributed by atoms with Crippen LogP contribution in [0.15, 0.2) is 12.4 Å². The molecule has 0 saturated carbocycles. The Kier molecular flexibility index (Phi) is 2.87. The van der Waals surface area contributed by atoms with Crippen LogP contribution in [0.1, 0.15) is 42.4 Å². The molecule has 1 fully saturated rings. The van der Waals surface area contributed by atoms with Gasteiger partial charge in [0.15, 0.2) is 5.82 Å². The highest BCUT2D eigenvalue weighted by Crippen LogP contribution is 2.32. The van der Waals surface area contributed by atoms with Gasteiger partial charge in [0.25, 0.3) is 0 Å². The van der Waals surface area contributed by atoms with Crippen LogP contribution in [0.2, 0.25) is 0 Å². The molecule has 1 aliphatic rings. The first kappa shape index (κ1) is 11.0. The number of carbonyl (C=O) groups is 1. The summed E-state index contributed by atoms with van der Waals surface area (Å²) in [6, 6.07) is 0. The molecular weight excluding hydrogens is 208 g/mol. The van der Waals surface area contributed by atoms with Crippen molar-refractivity contribution in [3.8, 4) is 0 Å². The maximum atomic E-state index is 10.7. The van der Waals surface area contributed by atoms with Gasteiger partial charge in [-0.3, -0.25) is 0 Å². The van der Waals surface area contributed by atoms with Crippen LogP contribution < -0.4 is 0 Å². The van der Waals surface area contributed by atoms with Crippen molar-refractivity contribution in [2.45, 2.75) is 31.8 Å². The van der Waals surface area contributed by atoms with E-state index in [0.29, 0.717) is 12.4 Å². The maximum absolute atomic E-state index is 10.7. The lowest BCUT2D eigenvalue weighted by atomic mass is 9.95. The summed E-state index contributed by atoms with van der Waals surface area (Å²) in [5.74, 6) is -0.446. The fourth-order valence-electron chi connectivity index (χ4n) is 1.82. The van der Waals surface area contributed by atoms with Gasteiger partial charge < -0.3 is 9.84 Å². The van der Waals surface area contributed by atoms with E-state index in [0.717, 1.165) is 19.3 Å². The van der Waals surface area contributed by atoms with E-state index < -0.39 is 11.6 Å². The quantitative estimate of drug-likeness (QED) is 0.822. The molecule has 0 bridgehead atoms. The molecule has 0 radical (unpaired) electrons. The van der Waals surface area contributed by atoms with E-state index in [1.54, 1.807) is 0 Å². The third-order valence-electron chi connectivity index (χ3n) is 2.84. The average Bonchev–Trinajstić information content (AvgIpc) is 2.30. The van der Waals surface area contributed by atoms with Gasteiger partial charge in [0.1, 0.15) is 5.60 Å². The Morgan fingerprint density at radius 1 is 1.44 bits per heavy atom. The second kappa shape index (κ2) is 4.17. The van der Waals surface area contributed by atoms with E-state index in [4.69, 9.17) is 9.84 Å². The van der Waals surface area contributed by atoms with Gasteiger partial charge in [-0.05, 0) is 26.2 Å². The maximum Gasteiger partial charge on any atom is 0.338 e. The molecule has 1 unspecified atom stereocenters. The molecule has 0 spiro atoms. The van der Waals surface area contributed by atoms with Crippen molar-refractivity contribution in [1.82, 2.24) is 9.97 Å². The first-order valence-electron chi connectivity index (χ1n) is 5.32. The molecule has 0 amide bonds. The van der Waals surface area contributed by atoms with Crippen molar-refractivity contribution in [3.63, 3.8) is 0 Å². The van der Waals surface area contributed by atoms with Gasteiger partial charge in [0, 0.05) is 19.0 Å². The molecule has 1 aromatic heterocycles. The van der Waals surface area contributed by atoms with Crippen molar-refractivity contribution in [2.75, 3.05) is 6.61 Å². The van der Waals surface area contributed by atoms with Crippen LogP contribution >= 0.6 is 0 Å². The van der Waals surface area contributed by atoms with Crippen LogP contribution in [0.3, 0.4) is 0 Å². The molecule has 16 heavy (non-hydrogen) atoms. The molecule has 0 aromatic carbocycles. The Morgan fingerprint density at radius 3 is 2.62 bits per heavy atom. The van der Waals surface area contributed by atoms with Crippen molar-refractivity contribution in [2.24, 2.45) is 0 Å². The van der Waals surface area contributed by atoms with E-state index >= 15 is 0 Å². The van der Waals surface area contributed by atoms with E-state index in [1.165, 1.54) is 12.4 Å². The minimum absolute atomic E-state index is 0.100. The Morgan fingerprint density at radius 2 is 2.12 bits per heavy atom. The molecule has 1 N–H and O–H groups in total. The van der Waals surface area contributed by atoms with Gasteiger partial charge in [0.05, 0.1) is 5.56 Å². The number of hydrogen-bond acceptors (Lipinski definition) is 4. The summed E-state index contributed by atoms with van der Waals surface area (Å²) in [6.07, 6.45) is 5.67. The van der Waals surface area contributed by atoms with Crippen LogP contribution in [0.4, 0.5) is 0 Å². The Hall–Kier alpha value is -1.49. The molecule has 5 heteroatoms. The van der Waals surface area contributed by atoms with Gasteiger partial charge in [0.2, 0.25) is 0 Å². The molecule has 5 nitrogen and oxygen atoms in total. The second-order valence-electron chi connectivity index (χ2n) is 4.14. The zero-order valence-electron chi connectivity index (χ0n) is 9.14. The summed E-state index contributed by atoms with van der Waals surface area (Å²) < 4.78 is 5.68. The Labute approximate surface area is 93.5 Å². The molecule has 1 aliphatic heterocycles. The topological polar surface area (TPSA) is 72.3 Å². The van der Waals surface area contributed by atoms with Crippen LogP contribution in [0, 0.1) is 0 Å². The summed E-state index contributed by atoms with van der Waals surface area (Å²) in [4.78, 5) is 18.8. The number of carboxylic acid groups (broad SMARTS) is 1. The van der Waals surface area contributed by atoms with E-state index in [9.17, 15) is 4.79 Å². The largest absolute Gasteiger partial charge is 0.478 e. The standard InChI is InChI=1S/C11H14N2O3/c1-11(4-2-3-5-16-11)10-12-6-8(7-13-10)9(14)15/h6-7H,2-5H2,1H3,(H,14,15). The minimum Gasteiger partial charge on any atom is -0.478 e. The number of carboxylic acids is 1. The number of hydrogen-bond donors (Lipinski definition) is 1. The average molecular weight is 222 g/mol. The molecule has 1 atom stereocenters. The van der Waals surface area contributed by atoms with Crippen molar-refractivity contribution < 1.29 is 14.6 Å². The lowest BCUT2D eigenvalue weighted by Gasteiger charge is -2.32. The Bertz CT molecular complexity index is 383. The fraction of sp³-hybridized carbons (Fsp3) is 0.545. The van der Waals surface area contributed by atoms with Crippen LogP contribution in [0.25, 0.3) is 0 Å². The Balaban J connectivity index is 2.23. The molecule has 0 aliphatic carbocycles. The first-order chi connectivity index (χ1) is 7.62. The SMILES string of the molecule is CC1(c2ncc(C(=O)O)cn2)CCCCO1. The van der Waals surface area contributed by atoms with Crippen LogP contribution in [-0.2, 0) is 10.3 Å². The number of nitrogens with zero attached hydrogens (tertiary/aromatic N) is 2. The normalized spacial score (nSPS) is 25.3. The zero-order chi connectivity index (χ0) is 11.6. The predicted octanol–water partition coefficient (Wildman–Crippen LogP) is 1.59. The van der Waals surface area contributed by atoms with Gasteiger partial charge >= 0.3 is 5.97 Å². The molecule has 1 saturated heterocycles. The number of aromatic nitrogens is 2. The van der Waals surface area contributed by atoms with Gasteiger partial charge in [-0.1, -0.05) is 0 Å². The molecule has 2 heterocycles. The lowest BCUT2D eigenvalue weighted by molar-refractivity contribution is -0.0760. The second-order valence-corrected chi connectivity index (χ2v) is 4.14. The number of rotatable bonds is 2. The zero-order valence-corrected chi connectivity index (χ0v) is 9.14. The van der Waals surface area contributed by atoms with Gasteiger partial charge in [-0.25, -0.2) is 14.8 Å². The number of aromatic carboxylic acids is 1. The molecule has 1 aromatic rings. The molecule has 2 rings (SSSR count). The summed E-state index contributed by atoms with van der Waals surface area (Å²) in [5.41, 5.74) is -0.363. The molecule has 86 valence electrons. The monoisotopic (exact) mass is 222 g/mol.